The van der Waals surface area contributed by atoms with Crippen LogP contribution >= 0.6 is 0 Å². The fourth-order valence-corrected chi connectivity index (χ4v) is 13.4. The molecule has 0 radical (unpaired) electrons. The summed E-state index contributed by atoms with van der Waals surface area (Å²) in [5.41, 5.74) is 0. The number of hydrogen-bond acceptors (Lipinski definition) is 18. The second-order valence-corrected chi connectivity index (χ2v) is 28.8. The predicted octanol–water partition coefficient (Wildman–Crippen LogP) is 13.8. The van der Waals surface area contributed by atoms with Crippen LogP contribution in [0.1, 0.15) is 303 Å². The molecule has 592 valence electrons. The van der Waals surface area contributed by atoms with Gasteiger partial charge in [-0.2, -0.15) is 0 Å². The number of aliphatic hydroxyl groups excluding tert-OH is 11. The van der Waals surface area contributed by atoms with Gasteiger partial charge in [0.2, 0.25) is 5.91 Å². The third-order valence-corrected chi connectivity index (χ3v) is 19.9. The number of ether oxygens (including phenoxy) is 6. The summed E-state index contributed by atoms with van der Waals surface area (Å²) in [5, 5.41) is 121. The number of carbonyl (C=O) groups is 1. The second kappa shape index (κ2) is 63.0. The molecule has 3 saturated heterocycles. The van der Waals surface area contributed by atoms with Crippen LogP contribution in [0.5, 0.6) is 0 Å². The van der Waals surface area contributed by atoms with Gasteiger partial charge in [-0.3, -0.25) is 4.79 Å². The molecule has 3 aliphatic rings. The average molecular weight is 1450 g/mol. The minimum Gasteiger partial charge on any atom is -0.394 e. The molecule has 3 heterocycles. The standard InChI is InChI=1S/C83H147NO18/c1-3-5-7-9-11-13-15-17-19-21-23-25-27-28-29-30-31-32-33-34-35-36-37-38-39-41-43-45-47-49-51-53-55-57-59-61-71(89)84-66(67(88)60-58-56-54-52-50-48-46-44-42-40-26-24-22-20-18-16-14-12-10-8-6-4-2)65-97-81-77(95)74(92)79(69(63-86)99-81)102-83-78(96)75(93)80(70(64-87)100-83)101-82-76(94)73(91)72(90)68(62-85)98-82/h5,7,11,13,17,19,23,25,42,44,50,52,58,60,66-70,72-83,85-88,90-96H,3-4,6,8-10,12,14-16,18,20-22,24,26-41,43,45-49,51,53-57,59,61-65H2,1-2H3,(H,84,89)/b7-5-,13-11-,19-17-,25-23-,44-42+,52-50+,60-58+. The molecule has 19 nitrogen and oxygen atoms in total. The molecule has 102 heavy (non-hydrogen) atoms. The summed E-state index contributed by atoms with van der Waals surface area (Å²) in [6.07, 6.45) is 57.2. The van der Waals surface area contributed by atoms with Crippen molar-refractivity contribution >= 4 is 5.91 Å². The molecule has 0 saturated carbocycles. The van der Waals surface area contributed by atoms with E-state index in [1.807, 2.05) is 6.08 Å². The second-order valence-electron chi connectivity index (χ2n) is 28.8. The van der Waals surface area contributed by atoms with Crippen molar-refractivity contribution in [3.8, 4) is 0 Å². The fourth-order valence-electron chi connectivity index (χ4n) is 13.4. The summed E-state index contributed by atoms with van der Waals surface area (Å²) in [4.78, 5) is 13.5. The molecule has 0 aromatic heterocycles. The molecular weight excluding hydrogens is 1300 g/mol. The van der Waals surface area contributed by atoms with Crippen molar-refractivity contribution in [1.82, 2.24) is 5.32 Å². The predicted molar refractivity (Wildman–Crippen MR) is 406 cm³/mol. The molecule has 0 bridgehead atoms. The molecule has 17 unspecified atom stereocenters. The maximum atomic E-state index is 13.5. The number of amides is 1. The lowest BCUT2D eigenvalue weighted by atomic mass is 9.96. The summed E-state index contributed by atoms with van der Waals surface area (Å²) in [6.45, 7) is 1.62. The van der Waals surface area contributed by atoms with Crippen LogP contribution in [0.15, 0.2) is 85.1 Å². The molecule has 0 spiro atoms. The monoisotopic (exact) mass is 1450 g/mol. The van der Waals surface area contributed by atoms with Gasteiger partial charge >= 0.3 is 0 Å². The van der Waals surface area contributed by atoms with Crippen LogP contribution in [0.2, 0.25) is 0 Å². The van der Waals surface area contributed by atoms with Gasteiger partial charge in [0.15, 0.2) is 18.9 Å². The van der Waals surface area contributed by atoms with Crippen LogP contribution in [-0.2, 0) is 33.2 Å². The Kier molecular flexibility index (Phi) is 57.5. The van der Waals surface area contributed by atoms with Crippen molar-refractivity contribution in [1.29, 1.82) is 0 Å². The number of aliphatic hydroxyl groups is 11. The van der Waals surface area contributed by atoms with Gasteiger partial charge in [0.05, 0.1) is 38.6 Å². The van der Waals surface area contributed by atoms with Gasteiger partial charge in [0.25, 0.3) is 0 Å². The van der Waals surface area contributed by atoms with Gasteiger partial charge < -0.3 is 89.9 Å². The molecule has 3 fully saturated rings. The molecule has 3 rings (SSSR count). The van der Waals surface area contributed by atoms with E-state index in [0.717, 1.165) is 70.6 Å². The largest absolute Gasteiger partial charge is 0.394 e. The van der Waals surface area contributed by atoms with E-state index < -0.39 is 124 Å². The number of nitrogens with one attached hydrogen (secondary N) is 1. The Balaban J connectivity index is 1.36. The number of allylic oxidation sites excluding steroid dienone is 13. The maximum absolute atomic E-state index is 13.5. The zero-order valence-corrected chi connectivity index (χ0v) is 63.3. The minimum atomic E-state index is -1.99. The summed E-state index contributed by atoms with van der Waals surface area (Å²) in [7, 11) is 0. The topological polar surface area (TPSA) is 307 Å². The Hall–Kier alpha value is -3.03. The van der Waals surface area contributed by atoms with Gasteiger partial charge in [-0.05, 0) is 83.5 Å². The van der Waals surface area contributed by atoms with E-state index in [1.165, 1.54) is 199 Å². The summed E-state index contributed by atoms with van der Waals surface area (Å²) in [6, 6.07) is -1.000. The van der Waals surface area contributed by atoms with Crippen LogP contribution in [0.4, 0.5) is 0 Å². The first-order chi connectivity index (χ1) is 49.8. The molecule has 0 aromatic rings. The van der Waals surface area contributed by atoms with Crippen molar-refractivity contribution in [2.75, 3.05) is 26.4 Å². The molecule has 0 aliphatic carbocycles. The van der Waals surface area contributed by atoms with Crippen LogP contribution in [0.3, 0.4) is 0 Å². The van der Waals surface area contributed by atoms with Gasteiger partial charge in [0.1, 0.15) is 73.2 Å². The number of hydrogen-bond donors (Lipinski definition) is 12. The Morgan fingerprint density at radius 3 is 1.10 bits per heavy atom. The van der Waals surface area contributed by atoms with Gasteiger partial charge in [-0.15, -0.1) is 0 Å². The molecule has 12 N–H and O–H groups in total. The maximum Gasteiger partial charge on any atom is 0.220 e. The fraction of sp³-hybridized carbons (Fsp3) is 0.819. The van der Waals surface area contributed by atoms with E-state index in [-0.39, 0.29) is 18.9 Å². The van der Waals surface area contributed by atoms with E-state index in [2.05, 4.69) is 92.1 Å². The zero-order chi connectivity index (χ0) is 73.9. The van der Waals surface area contributed by atoms with Crippen molar-refractivity contribution < 1.29 is 89.4 Å². The van der Waals surface area contributed by atoms with E-state index in [1.54, 1.807) is 6.08 Å². The van der Waals surface area contributed by atoms with Crippen LogP contribution in [-0.4, -0.2) is 193 Å². The van der Waals surface area contributed by atoms with Crippen molar-refractivity contribution in [3.05, 3.63) is 85.1 Å². The van der Waals surface area contributed by atoms with Crippen LogP contribution in [0, 0.1) is 0 Å². The van der Waals surface area contributed by atoms with E-state index in [0.29, 0.717) is 12.8 Å². The van der Waals surface area contributed by atoms with Crippen molar-refractivity contribution in [2.24, 2.45) is 0 Å². The molecule has 1 amide bonds. The van der Waals surface area contributed by atoms with E-state index >= 15 is 0 Å². The Labute approximate surface area is 616 Å². The number of unbranched alkanes of at least 4 members (excludes halogenated alkanes) is 36. The van der Waals surface area contributed by atoms with Gasteiger partial charge in [-0.25, -0.2) is 0 Å². The smallest absolute Gasteiger partial charge is 0.220 e. The minimum absolute atomic E-state index is 0.232. The molecular formula is C83H147NO18. The number of carbonyl (C=O) groups excluding carboxylic acids is 1. The molecule has 0 aromatic carbocycles. The lowest BCUT2D eigenvalue weighted by molar-refractivity contribution is -0.379. The van der Waals surface area contributed by atoms with Crippen LogP contribution < -0.4 is 5.32 Å². The third kappa shape index (κ3) is 42.5. The lowest BCUT2D eigenvalue weighted by Crippen LogP contribution is -2.66. The summed E-state index contributed by atoms with van der Waals surface area (Å²) < 4.78 is 34.4. The Morgan fingerprint density at radius 2 is 0.686 bits per heavy atom. The first kappa shape index (κ1) is 93.2. The molecule has 3 aliphatic heterocycles. The van der Waals surface area contributed by atoms with Gasteiger partial charge in [-0.1, -0.05) is 298 Å². The SMILES string of the molecule is CC/C=C\C/C=C\C/C=C\C/C=C\CCCCCCCCCCCCCCCCCCCCCCCCC(=O)NC(COC1OC(CO)C(OC2OC(CO)C(OC3OC(CO)C(O)C(O)C3O)C(O)C2O)C(O)C1O)C(O)/C=C/CC/C=C/CC/C=C/CCCCCCCCCCCCCC. The summed E-state index contributed by atoms with van der Waals surface area (Å²) >= 11 is 0. The third-order valence-electron chi connectivity index (χ3n) is 19.9. The molecule has 19 heteroatoms. The lowest BCUT2D eigenvalue weighted by Gasteiger charge is -2.48. The quantitative estimate of drug-likeness (QED) is 0.0199. The van der Waals surface area contributed by atoms with Crippen molar-refractivity contribution in [2.45, 2.75) is 407 Å². The van der Waals surface area contributed by atoms with Crippen molar-refractivity contribution in [3.63, 3.8) is 0 Å². The van der Waals surface area contributed by atoms with E-state index in [9.17, 15) is 61.0 Å². The van der Waals surface area contributed by atoms with Gasteiger partial charge in [0, 0.05) is 6.42 Å². The van der Waals surface area contributed by atoms with E-state index in [4.69, 9.17) is 28.4 Å². The highest BCUT2D eigenvalue weighted by Gasteiger charge is 2.54. The highest BCUT2D eigenvalue weighted by Crippen LogP contribution is 2.33. The first-order valence-electron chi connectivity index (χ1n) is 40.8. The highest BCUT2D eigenvalue weighted by atomic mass is 16.8. The zero-order valence-electron chi connectivity index (χ0n) is 63.3. The first-order valence-corrected chi connectivity index (χ1v) is 40.8. The molecule has 17 atom stereocenters. The Bertz CT molecular complexity index is 2170. The average Bonchev–Trinajstić information content (AvgIpc) is 0.781. The highest BCUT2D eigenvalue weighted by molar-refractivity contribution is 5.76. The normalized spacial score (nSPS) is 26.6. The number of rotatable bonds is 64. The van der Waals surface area contributed by atoms with Crippen LogP contribution in [0.25, 0.3) is 0 Å². The summed E-state index contributed by atoms with van der Waals surface area (Å²) in [5.74, 6) is -0.287. The Morgan fingerprint density at radius 1 is 0.363 bits per heavy atom.